The topological polar surface area (TPSA) is 34.1 Å². The third-order valence-electron chi connectivity index (χ3n) is 2.75. The van der Waals surface area contributed by atoms with Gasteiger partial charge in [0.1, 0.15) is 0 Å². The number of hydrogen-bond donors (Lipinski definition) is 0. The third-order valence-corrected chi connectivity index (χ3v) is 4.48. The zero-order valence-corrected chi connectivity index (χ0v) is 11.3. The maximum Gasteiger partial charge on any atom is 0.178 e. The van der Waals surface area contributed by atoms with E-state index in [1.54, 1.807) is 25.1 Å². The van der Waals surface area contributed by atoms with E-state index < -0.39 is 9.84 Å². The lowest BCUT2D eigenvalue weighted by Crippen LogP contribution is -2.04. The Balaban J connectivity index is 3.04. The van der Waals surface area contributed by atoms with Crippen LogP contribution in [0.25, 0.3) is 0 Å². The summed E-state index contributed by atoms with van der Waals surface area (Å²) in [6.45, 7) is 5.53. The largest absolute Gasteiger partial charge is 0.224 e. The van der Waals surface area contributed by atoms with Crippen LogP contribution in [0.3, 0.4) is 0 Å². The molecule has 0 amide bonds. The molecule has 1 unspecified atom stereocenters. The van der Waals surface area contributed by atoms with Gasteiger partial charge < -0.3 is 0 Å². The fourth-order valence-electron chi connectivity index (χ4n) is 1.55. The van der Waals surface area contributed by atoms with Crippen molar-refractivity contribution in [1.29, 1.82) is 0 Å². The highest BCUT2D eigenvalue weighted by Gasteiger charge is 2.13. The summed E-state index contributed by atoms with van der Waals surface area (Å²) in [5, 5.41) is 0. The quantitative estimate of drug-likeness (QED) is 0.770. The van der Waals surface area contributed by atoms with Gasteiger partial charge in [0.2, 0.25) is 0 Å². The van der Waals surface area contributed by atoms with Crippen LogP contribution >= 0.6 is 0 Å². The molecule has 0 aromatic heterocycles. The molecule has 0 aliphatic heterocycles. The minimum Gasteiger partial charge on any atom is -0.224 e. The number of benzene rings is 1. The van der Waals surface area contributed by atoms with Gasteiger partial charge in [0.05, 0.1) is 10.6 Å². The zero-order valence-electron chi connectivity index (χ0n) is 10.5. The molecular weight excluding hydrogens is 232 g/mol. The third kappa shape index (κ3) is 3.61. The summed E-state index contributed by atoms with van der Waals surface area (Å²) >= 11 is 0. The molecule has 0 saturated carbocycles. The van der Waals surface area contributed by atoms with Crippen molar-refractivity contribution in [2.75, 3.05) is 5.75 Å². The van der Waals surface area contributed by atoms with Gasteiger partial charge in [0, 0.05) is 6.42 Å². The molecule has 0 aliphatic carbocycles. The van der Waals surface area contributed by atoms with Gasteiger partial charge in [-0.15, -0.1) is 11.8 Å². The first-order chi connectivity index (χ1) is 8.01. The second kappa shape index (κ2) is 5.88. The van der Waals surface area contributed by atoms with E-state index in [1.165, 1.54) is 0 Å². The fourth-order valence-corrected chi connectivity index (χ4v) is 2.49. The molecule has 1 aromatic carbocycles. The van der Waals surface area contributed by atoms with Crippen LogP contribution in [-0.4, -0.2) is 14.2 Å². The number of rotatable bonds is 4. The van der Waals surface area contributed by atoms with Crippen LogP contribution in [0.1, 0.15) is 38.7 Å². The fraction of sp³-hybridized carbons (Fsp3) is 0.429. The summed E-state index contributed by atoms with van der Waals surface area (Å²) in [7, 11) is -3.11. The van der Waals surface area contributed by atoms with Crippen LogP contribution in [0.4, 0.5) is 0 Å². The molecule has 0 heterocycles. The second-order valence-electron chi connectivity index (χ2n) is 4.01. The highest BCUT2D eigenvalue weighted by atomic mass is 32.2. The van der Waals surface area contributed by atoms with E-state index in [4.69, 9.17) is 0 Å². The normalized spacial score (nSPS) is 12.6. The van der Waals surface area contributed by atoms with Crippen LogP contribution in [0.5, 0.6) is 0 Å². The molecule has 0 bridgehead atoms. The van der Waals surface area contributed by atoms with E-state index in [-0.39, 0.29) is 11.7 Å². The van der Waals surface area contributed by atoms with Crippen LogP contribution < -0.4 is 0 Å². The monoisotopic (exact) mass is 250 g/mol. The molecule has 92 valence electrons. The lowest BCUT2D eigenvalue weighted by atomic mass is 9.98. The van der Waals surface area contributed by atoms with E-state index >= 15 is 0 Å². The molecule has 0 fully saturated rings. The lowest BCUT2D eigenvalue weighted by Gasteiger charge is -2.10. The maximum atomic E-state index is 11.8. The summed E-state index contributed by atoms with van der Waals surface area (Å²) in [4.78, 5) is 0.411. The van der Waals surface area contributed by atoms with Crippen LogP contribution in [0, 0.1) is 11.8 Å². The van der Waals surface area contributed by atoms with Gasteiger partial charge in [-0.2, -0.15) is 0 Å². The van der Waals surface area contributed by atoms with Crippen molar-refractivity contribution < 1.29 is 8.42 Å². The number of hydrogen-bond acceptors (Lipinski definition) is 2. The molecule has 3 heteroatoms. The van der Waals surface area contributed by atoms with Crippen molar-refractivity contribution in [2.24, 2.45) is 0 Å². The van der Waals surface area contributed by atoms with Gasteiger partial charge in [0.15, 0.2) is 9.84 Å². The molecule has 1 rings (SSSR count). The van der Waals surface area contributed by atoms with Crippen molar-refractivity contribution >= 4 is 9.84 Å². The Morgan fingerprint density at radius 1 is 1.35 bits per heavy atom. The standard InChI is InChI=1S/C14H18O2S/c1-4-6-8-12(3)13-9-7-10-14(11-13)17(15,16)5-2/h7,9-12H,5,8H2,1-3H3. The smallest absolute Gasteiger partial charge is 0.178 e. The summed E-state index contributed by atoms with van der Waals surface area (Å²) in [6, 6.07) is 7.17. The Bertz CT molecular complexity index is 533. The summed E-state index contributed by atoms with van der Waals surface area (Å²) in [5.74, 6) is 6.27. The minimum absolute atomic E-state index is 0.138. The van der Waals surface area contributed by atoms with Crippen molar-refractivity contribution in [1.82, 2.24) is 0 Å². The number of sulfone groups is 1. The summed E-state index contributed by atoms with van der Waals surface area (Å²) in [6.07, 6.45) is 0.756. The second-order valence-corrected chi connectivity index (χ2v) is 6.29. The first kappa shape index (κ1) is 13.8. The first-order valence-electron chi connectivity index (χ1n) is 5.73. The molecule has 0 N–H and O–H groups in total. The van der Waals surface area contributed by atoms with Crippen LogP contribution in [0.2, 0.25) is 0 Å². The molecular formula is C14H18O2S. The van der Waals surface area contributed by atoms with E-state index in [0.717, 1.165) is 12.0 Å². The predicted molar refractivity (Wildman–Crippen MR) is 70.7 cm³/mol. The van der Waals surface area contributed by atoms with Gasteiger partial charge in [-0.1, -0.05) is 26.0 Å². The maximum absolute atomic E-state index is 11.8. The Kier molecular flexibility index (Phi) is 4.77. The van der Waals surface area contributed by atoms with Crippen molar-refractivity contribution in [3.63, 3.8) is 0 Å². The van der Waals surface area contributed by atoms with Gasteiger partial charge in [-0.05, 0) is 30.5 Å². The summed E-state index contributed by atoms with van der Waals surface area (Å²) in [5.41, 5.74) is 1.03. The highest BCUT2D eigenvalue weighted by molar-refractivity contribution is 7.91. The van der Waals surface area contributed by atoms with Crippen molar-refractivity contribution in [3.8, 4) is 11.8 Å². The highest BCUT2D eigenvalue weighted by Crippen LogP contribution is 2.22. The van der Waals surface area contributed by atoms with E-state index in [9.17, 15) is 8.42 Å². The molecule has 0 saturated heterocycles. The van der Waals surface area contributed by atoms with E-state index in [2.05, 4.69) is 18.8 Å². The van der Waals surface area contributed by atoms with Crippen molar-refractivity contribution in [2.45, 2.75) is 38.0 Å². The average molecular weight is 250 g/mol. The molecule has 0 radical (unpaired) electrons. The average Bonchev–Trinajstić information content (AvgIpc) is 2.36. The Morgan fingerprint density at radius 3 is 2.65 bits per heavy atom. The van der Waals surface area contributed by atoms with Gasteiger partial charge in [-0.25, -0.2) is 8.42 Å². The molecule has 2 nitrogen and oxygen atoms in total. The van der Waals surface area contributed by atoms with Crippen LogP contribution in [0.15, 0.2) is 29.2 Å². The first-order valence-corrected chi connectivity index (χ1v) is 7.38. The molecule has 0 spiro atoms. The van der Waals surface area contributed by atoms with E-state index in [1.807, 2.05) is 13.0 Å². The lowest BCUT2D eigenvalue weighted by molar-refractivity contribution is 0.597. The molecule has 1 aromatic rings. The predicted octanol–water partition coefficient (Wildman–Crippen LogP) is 3.00. The Labute approximate surface area is 104 Å². The molecule has 17 heavy (non-hydrogen) atoms. The van der Waals surface area contributed by atoms with Gasteiger partial charge in [-0.3, -0.25) is 0 Å². The van der Waals surface area contributed by atoms with E-state index in [0.29, 0.717) is 4.90 Å². The Hall–Kier alpha value is -1.27. The minimum atomic E-state index is -3.11. The molecule has 1 atom stereocenters. The SMILES string of the molecule is CC#CCC(C)c1cccc(S(=O)(=O)CC)c1. The van der Waals surface area contributed by atoms with Gasteiger partial charge in [0.25, 0.3) is 0 Å². The van der Waals surface area contributed by atoms with Gasteiger partial charge >= 0.3 is 0 Å². The zero-order chi connectivity index (χ0) is 12.9. The summed E-state index contributed by atoms with van der Waals surface area (Å²) < 4.78 is 23.5. The molecule has 0 aliphatic rings. The Morgan fingerprint density at radius 2 is 2.06 bits per heavy atom. The van der Waals surface area contributed by atoms with Crippen molar-refractivity contribution in [3.05, 3.63) is 29.8 Å². The van der Waals surface area contributed by atoms with Crippen LogP contribution in [-0.2, 0) is 9.84 Å².